The number of rotatable bonds is 6. The molecule has 13 nitrogen and oxygen atoms in total. The molecule has 2 aromatic carbocycles. The fraction of sp³-hybridized carbons (Fsp3) is 0.156. The molecule has 0 saturated carbocycles. The number of carbonyl (C=O) groups is 1. The number of para-hydroxylation sites is 1. The van der Waals surface area contributed by atoms with E-state index < -0.39 is 27.2 Å². The molecule has 0 radical (unpaired) electrons. The second kappa shape index (κ2) is 11.6. The van der Waals surface area contributed by atoms with Crippen molar-refractivity contribution in [2.24, 2.45) is 12.2 Å². The van der Waals surface area contributed by atoms with Gasteiger partial charge in [-0.1, -0.05) is 42.2 Å². The molecule has 4 aromatic heterocycles. The quantitative estimate of drug-likeness (QED) is 0.233. The standard InChI is InChI=1S/C32H29N9O4S/c1-19(37-31(42)27-29(33)38-40-16-8-15-35-30(27)40)25-17-22-10-7-9-21(26(22)32(43)41(25)24-11-5-4-6-12-24)13-14-23-18-36-39(3)28(23)20(2)46(34,44)45/h4-12,15-20H,1-3H3,(H2,33,38)(H,37,42)(H2,34,44,45). The van der Waals surface area contributed by atoms with Crippen molar-refractivity contribution in [2.45, 2.75) is 25.1 Å². The van der Waals surface area contributed by atoms with Crippen LogP contribution in [0.4, 0.5) is 5.82 Å². The fourth-order valence-electron chi connectivity index (χ4n) is 5.43. The highest BCUT2D eigenvalue weighted by Gasteiger charge is 2.25. The summed E-state index contributed by atoms with van der Waals surface area (Å²) < 4.78 is 28.6. The van der Waals surface area contributed by atoms with Gasteiger partial charge in [0.1, 0.15) is 10.8 Å². The Bertz CT molecular complexity index is 2380. The summed E-state index contributed by atoms with van der Waals surface area (Å²) in [5.41, 5.74) is 8.41. The van der Waals surface area contributed by atoms with Crippen molar-refractivity contribution in [1.29, 1.82) is 0 Å². The van der Waals surface area contributed by atoms with Crippen LogP contribution in [-0.4, -0.2) is 43.3 Å². The number of benzene rings is 2. The van der Waals surface area contributed by atoms with Crippen molar-refractivity contribution in [3.05, 3.63) is 118 Å². The van der Waals surface area contributed by atoms with Gasteiger partial charge in [-0.05, 0) is 49.6 Å². The van der Waals surface area contributed by atoms with E-state index in [2.05, 4.69) is 32.3 Å². The van der Waals surface area contributed by atoms with Gasteiger partial charge in [0.2, 0.25) is 10.0 Å². The van der Waals surface area contributed by atoms with Crippen LogP contribution in [0.5, 0.6) is 0 Å². The van der Waals surface area contributed by atoms with Gasteiger partial charge in [-0.25, -0.2) is 23.1 Å². The number of nitrogens with one attached hydrogen (secondary N) is 1. The van der Waals surface area contributed by atoms with Crippen LogP contribution in [-0.2, 0) is 17.1 Å². The summed E-state index contributed by atoms with van der Waals surface area (Å²) >= 11 is 0. The number of nitrogen functional groups attached to an aromatic ring is 1. The SMILES string of the molecule is CC(NC(=O)c1c(N)nn2cccnc12)c1cc2cccc(C#Cc3cnn(C)c3C(C)S(N)(=O)=O)c2c(=O)n1-c1ccccc1. The lowest BCUT2D eigenvalue weighted by Crippen LogP contribution is -2.32. The molecule has 0 aliphatic carbocycles. The maximum atomic E-state index is 14.4. The van der Waals surface area contributed by atoms with Crippen LogP contribution in [0.2, 0.25) is 0 Å². The van der Waals surface area contributed by atoms with E-state index in [1.54, 1.807) is 62.8 Å². The molecule has 1 amide bonds. The number of aromatic nitrogens is 6. The lowest BCUT2D eigenvalue weighted by atomic mass is 10.0. The average molecular weight is 636 g/mol. The number of pyridine rings is 1. The molecule has 5 N–H and O–H groups in total. The first-order valence-corrected chi connectivity index (χ1v) is 15.8. The highest BCUT2D eigenvalue weighted by atomic mass is 32.2. The third-order valence-electron chi connectivity index (χ3n) is 7.72. The summed E-state index contributed by atoms with van der Waals surface area (Å²) in [6.45, 7) is 3.24. The average Bonchev–Trinajstić information content (AvgIpc) is 3.57. The second-order valence-electron chi connectivity index (χ2n) is 10.7. The summed E-state index contributed by atoms with van der Waals surface area (Å²) in [7, 11) is -2.30. The highest BCUT2D eigenvalue weighted by Crippen LogP contribution is 2.26. The first-order valence-electron chi connectivity index (χ1n) is 14.1. The second-order valence-corrected chi connectivity index (χ2v) is 12.6. The number of primary sulfonamides is 1. The van der Waals surface area contributed by atoms with Crippen molar-refractivity contribution >= 4 is 38.2 Å². The first-order chi connectivity index (χ1) is 22.0. The highest BCUT2D eigenvalue weighted by molar-refractivity contribution is 7.89. The monoisotopic (exact) mass is 635 g/mol. The molecule has 14 heteroatoms. The lowest BCUT2D eigenvalue weighted by molar-refractivity contribution is 0.0941. The minimum atomic E-state index is -3.91. The molecule has 46 heavy (non-hydrogen) atoms. The number of anilines is 1. The minimum Gasteiger partial charge on any atom is -0.381 e. The largest absolute Gasteiger partial charge is 0.381 e. The van der Waals surface area contributed by atoms with E-state index in [0.717, 1.165) is 0 Å². The van der Waals surface area contributed by atoms with Gasteiger partial charge in [-0.2, -0.15) is 5.10 Å². The predicted octanol–water partition coefficient (Wildman–Crippen LogP) is 2.59. The van der Waals surface area contributed by atoms with Gasteiger partial charge in [0.05, 0.1) is 28.9 Å². The molecule has 2 unspecified atom stereocenters. The molecular weight excluding hydrogens is 606 g/mol. The number of aryl methyl sites for hydroxylation is 1. The van der Waals surface area contributed by atoms with Gasteiger partial charge in [-0.3, -0.25) is 18.8 Å². The Morgan fingerprint density at radius 1 is 1.02 bits per heavy atom. The number of hydrogen-bond donors (Lipinski definition) is 3. The molecule has 0 saturated heterocycles. The van der Waals surface area contributed by atoms with Gasteiger partial charge < -0.3 is 11.1 Å². The molecule has 0 aliphatic heterocycles. The van der Waals surface area contributed by atoms with Crippen molar-refractivity contribution in [2.75, 3.05) is 5.73 Å². The Morgan fingerprint density at radius 2 is 1.76 bits per heavy atom. The zero-order chi connectivity index (χ0) is 32.7. The number of fused-ring (bicyclic) bond motifs is 2. The molecule has 0 aliphatic rings. The Morgan fingerprint density at radius 3 is 2.50 bits per heavy atom. The van der Waals surface area contributed by atoms with Crippen LogP contribution in [0.3, 0.4) is 0 Å². The minimum absolute atomic E-state index is 0.0285. The molecule has 0 fully saturated rings. The number of hydrogen-bond acceptors (Lipinski definition) is 8. The Hall–Kier alpha value is -5.78. The molecule has 4 heterocycles. The van der Waals surface area contributed by atoms with Crippen LogP contribution in [0.15, 0.2) is 84.0 Å². The van der Waals surface area contributed by atoms with E-state index in [1.165, 1.54) is 26.9 Å². The number of amides is 1. The van der Waals surface area contributed by atoms with E-state index >= 15 is 0 Å². The zero-order valence-electron chi connectivity index (χ0n) is 25.0. The lowest BCUT2D eigenvalue weighted by Gasteiger charge is -2.21. The normalized spacial score (nSPS) is 12.9. The van der Waals surface area contributed by atoms with E-state index in [0.29, 0.717) is 44.6 Å². The zero-order valence-corrected chi connectivity index (χ0v) is 25.9. The predicted molar refractivity (Wildman–Crippen MR) is 174 cm³/mol. The summed E-state index contributed by atoms with van der Waals surface area (Å²) in [4.78, 5) is 32.1. The molecule has 6 rings (SSSR count). The fourth-order valence-corrected chi connectivity index (χ4v) is 6.02. The molecule has 232 valence electrons. The van der Waals surface area contributed by atoms with E-state index in [9.17, 15) is 18.0 Å². The molecule has 2 atom stereocenters. The van der Waals surface area contributed by atoms with Crippen molar-refractivity contribution in [3.8, 4) is 17.5 Å². The Labute approximate surface area is 263 Å². The van der Waals surface area contributed by atoms with Gasteiger partial charge in [0.15, 0.2) is 11.5 Å². The number of nitrogens with zero attached hydrogens (tertiary/aromatic N) is 6. The van der Waals surface area contributed by atoms with E-state index in [4.69, 9.17) is 10.9 Å². The summed E-state index contributed by atoms with van der Waals surface area (Å²) in [6.07, 6.45) is 4.65. The third kappa shape index (κ3) is 5.38. The first kappa shape index (κ1) is 30.3. The van der Waals surface area contributed by atoms with Crippen LogP contribution in [0, 0.1) is 11.8 Å². The maximum absolute atomic E-state index is 14.4. The van der Waals surface area contributed by atoms with Gasteiger partial charge >= 0.3 is 0 Å². The topological polar surface area (TPSA) is 185 Å². The molecule has 0 spiro atoms. The van der Waals surface area contributed by atoms with E-state index in [-0.39, 0.29) is 16.9 Å². The van der Waals surface area contributed by atoms with Crippen molar-refractivity contribution in [3.63, 3.8) is 0 Å². The maximum Gasteiger partial charge on any atom is 0.264 e. The van der Waals surface area contributed by atoms with Crippen LogP contribution in [0.1, 0.15) is 58.0 Å². The number of nitrogens with two attached hydrogens (primary N) is 2. The summed E-state index contributed by atoms with van der Waals surface area (Å²) in [5, 5.41) is 16.6. The van der Waals surface area contributed by atoms with Crippen molar-refractivity contribution < 1.29 is 13.2 Å². The Balaban J connectivity index is 1.47. The molecular formula is C32H29N9O4S. The van der Waals surface area contributed by atoms with Gasteiger partial charge in [-0.15, -0.1) is 5.10 Å². The third-order valence-corrected chi connectivity index (χ3v) is 8.93. The van der Waals surface area contributed by atoms with E-state index in [1.807, 2.05) is 24.3 Å². The summed E-state index contributed by atoms with van der Waals surface area (Å²) in [6, 6.07) is 17.2. The molecule has 0 bridgehead atoms. The number of sulfonamides is 1. The van der Waals surface area contributed by atoms with Crippen LogP contribution in [0.25, 0.3) is 22.1 Å². The van der Waals surface area contributed by atoms with Crippen LogP contribution < -0.4 is 21.7 Å². The van der Waals surface area contributed by atoms with Gasteiger partial charge in [0, 0.05) is 36.4 Å². The summed E-state index contributed by atoms with van der Waals surface area (Å²) in [5.74, 6) is 5.59. The number of carbonyl (C=O) groups excluding carboxylic acids is 1. The Kier molecular flexibility index (Phi) is 7.64. The van der Waals surface area contributed by atoms with Crippen molar-refractivity contribution in [1.82, 2.24) is 34.3 Å². The van der Waals surface area contributed by atoms with Gasteiger partial charge in [0.25, 0.3) is 11.5 Å². The van der Waals surface area contributed by atoms with Crippen LogP contribution >= 0.6 is 0 Å². The molecule has 6 aromatic rings. The smallest absolute Gasteiger partial charge is 0.264 e.